The zero-order valence-corrected chi connectivity index (χ0v) is 9.34. The number of nitrogens with one attached hydrogen (secondary N) is 1. The Kier molecular flexibility index (Phi) is 3.23. The van der Waals surface area contributed by atoms with Gasteiger partial charge in [0.05, 0.1) is 0 Å². The predicted molar refractivity (Wildman–Crippen MR) is 57.9 cm³/mol. The first-order chi connectivity index (χ1) is 7.55. The van der Waals surface area contributed by atoms with Gasteiger partial charge >= 0.3 is 0 Å². The van der Waals surface area contributed by atoms with Crippen LogP contribution in [0, 0.1) is 0 Å². The molecule has 2 rings (SSSR count). The summed E-state index contributed by atoms with van der Waals surface area (Å²) in [6.45, 7) is 0. The van der Waals surface area contributed by atoms with E-state index in [0.717, 1.165) is 0 Å². The van der Waals surface area contributed by atoms with Crippen molar-refractivity contribution in [1.82, 2.24) is 9.97 Å². The molecule has 0 aromatic carbocycles. The molecule has 16 heavy (non-hydrogen) atoms. The van der Waals surface area contributed by atoms with Gasteiger partial charge in [-0.05, 0) is 18.9 Å². The van der Waals surface area contributed by atoms with E-state index in [4.69, 9.17) is 11.6 Å². The van der Waals surface area contributed by atoms with Crippen LogP contribution in [-0.2, 0) is 0 Å². The fourth-order valence-corrected chi connectivity index (χ4v) is 1.91. The lowest BCUT2D eigenvalue weighted by atomic mass is 9.92. The number of nitrogens with zero attached hydrogens (tertiary/aromatic N) is 2. The van der Waals surface area contributed by atoms with Gasteiger partial charge in [-0.15, -0.1) is 0 Å². The summed E-state index contributed by atoms with van der Waals surface area (Å²) < 4.78 is 25.8. The number of hydrogen-bond donors (Lipinski definition) is 1. The molecule has 1 fully saturated rings. The van der Waals surface area contributed by atoms with Crippen molar-refractivity contribution in [2.24, 2.45) is 0 Å². The molecule has 0 unspecified atom stereocenters. The molecule has 1 heterocycles. The highest BCUT2D eigenvalue weighted by molar-refractivity contribution is 6.29. The van der Waals surface area contributed by atoms with Gasteiger partial charge in [0, 0.05) is 25.1 Å². The minimum absolute atomic E-state index is 0.0121. The Bertz CT molecular complexity index is 363. The number of hydrogen-bond acceptors (Lipinski definition) is 3. The Morgan fingerprint density at radius 3 is 2.69 bits per heavy atom. The second kappa shape index (κ2) is 4.49. The van der Waals surface area contributed by atoms with E-state index in [1.807, 2.05) is 0 Å². The molecule has 88 valence electrons. The van der Waals surface area contributed by atoms with Crippen molar-refractivity contribution in [2.75, 3.05) is 5.32 Å². The van der Waals surface area contributed by atoms with E-state index in [0.29, 0.717) is 23.9 Å². The summed E-state index contributed by atoms with van der Waals surface area (Å²) in [6, 6.07) is 1.58. The third kappa shape index (κ3) is 3.01. The normalized spacial score (nSPS) is 20.7. The van der Waals surface area contributed by atoms with Gasteiger partial charge in [-0.25, -0.2) is 18.7 Å². The van der Waals surface area contributed by atoms with Gasteiger partial charge in [-0.1, -0.05) is 11.6 Å². The Labute approximate surface area is 97.2 Å². The maximum atomic E-state index is 12.9. The Hall–Kier alpha value is -0.970. The van der Waals surface area contributed by atoms with E-state index in [1.165, 1.54) is 6.20 Å². The van der Waals surface area contributed by atoms with Crippen LogP contribution in [0.15, 0.2) is 12.3 Å². The zero-order chi connectivity index (χ0) is 11.6. The molecule has 0 amide bonds. The van der Waals surface area contributed by atoms with E-state index in [1.54, 1.807) is 6.07 Å². The molecule has 0 atom stereocenters. The Morgan fingerprint density at radius 1 is 1.38 bits per heavy atom. The van der Waals surface area contributed by atoms with Crippen molar-refractivity contribution in [3.8, 4) is 0 Å². The molecule has 0 bridgehead atoms. The molecule has 3 nitrogen and oxygen atoms in total. The van der Waals surface area contributed by atoms with Gasteiger partial charge in [0.25, 0.3) is 0 Å². The van der Waals surface area contributed by atoms with Crippen LogP contribution in [0.5, 0.6) is 0 Å². The van der Waals surface area contributed by atoms with Crippen molar-refractivity contribution in [3.05, 3.63) is 17.4 Å². The van der Waals surface area contributed by atoms with Crippen LogP contribution < -0.4 is 5.32 Å². The lowest BCUT2D eigenvalue weighted by Gasteiger charge is -2.28. The van der Waals surface area contributed by atoms with Crippen LogP contribution in [0.4, 0.5) is 14.7 Å². The van der Waals surface area contributed by atoms with E-state index in [2.05, 4.69) is 15.3 Å². The van der Waals surface area contributed by atoms with Gasteiger partial charge in [0.2, 0.25) is 11.9 Å². The highest BCUT2D eigenvalue weighted by Gasteiger charge is 2.34. The first-order valence-corrected chi connectivity index (χ1v) is 5.56. The van der Waals surface area contributed by atoms with Crippen LogP contribution in [0.2, 0.25) is 5.15 Å². The maximum Gasteiger partial charge on any atom is 0.248 e. The van der Waals surface area contributed by atoms with Crippen molar-refractivity contribution < 1.29 is 8.78 Å². The second-order valence-corrected chi connectivity index (χ2v) is 4.36. The van der Waals surface area contributed by atoms with Crippen molar-refractivity contribution >= 4 is 17.5 Å². The van der Waals surface area contributed by atoms with Gasteiger partial charge in [0.1, 0.15) is 5.15 Å². The fourth-order valence-electron chi connectivity index (χ4n) is 1.77. The van der Waals surface area contributed by atoms with Crippen LogP contribution >= 0.6 is 11.6 Å². The molecule has 0 saturated heterocycles. The molecule has 0 spiro atoms. The standard InChI is InChI=1S/C10H12ClF2N3/c11-8-3-6-14-9(16-8)15-7-1-4-10(12,13)5-2-7/h3,6-7H,1-2,4-5H2,(H,14,15,16). The van der Waals surface area contributed by atoms with Crippen LogP contribution in [0.1, 0.15) is 25.7 Å². The third-order valence-corrected chi connectivity index (χ3v) is 2.88. The van der Waals surface area contributed by atoms with E-state index >= 15 is 0 Å². The molecule has 1 saturated carbocycles. The summed E-state index contributed by atoms with van der Waals surface area (Å²) in [5.74, 6) is -2.10. The lowest BCUT2D eigenvalue weighted by molar-refractivity contribution is -0.0361. The third-order valence-electron chi connectivity index (χ3n) is 2.67. The fraction of sp³-hybridized carbons (Fsp3) is 0.600. The van der Waals surface area contributed by atoms with E-state index in [-0.39, 0.29) is 18.9 Å². The summed E-state index contributed by atoms with van der Waals surface area (Å²) in [4.78, 5) is 7.94. The maximum absolute atomic E-state index is 12.9. The first kappa shape index (κ1) is 11.5. The van der Waals surface area contributed by atoms with E-state index < -0.39 is 5.92 Å². The molecule has 1 aromatic rings. The Morgan fingerprint density at radius 2 is 2.06 bits per heavy atom. The minimum Gasteiger partial charge on any atom is -0.351 e. The van der Waals surface area contributed by atoms with Gasteiger partial charge in [-0.2, -0.15) is 0 Å². The number of rotatable bonds is 2. The molecule has 1 aromatic heterocycles. The average molecular weight is 248 g/mol. The van der Waals surface area contributed by atoms with Crippen LogP contribution in [0.25, 0.3) is 0 Å². The van der Waals surface area contributed by atoms with Crippen LogP contribution in [0.3, 0.4) is 0 Å². The van der Waals surface area contributed by atoms with E-state index in [9.17, 15) is 8.78 Å². The molecule has 1 N–H and O–H groups in total. The van der Waals surface area contributed by atoms with Crippen molar-refractivity contribution in [3.63, 3.8) is 0 Å². The molecule has 1 aliphatic rings. The molecule has 0 aliphatic heterocycles. The summed E-state index contributed by atoms with van der Waals surface area (Å²) in [5, 5.41) is 3.37. The highest BCUT2D eigenvalue weighted by Crippen LogP contribution is 2.33. The van der Waals surface area contributed by atoms with Gasteiger partial charge in [0.15, 0.2) is 0 Å². The van der Waals surface area contributed by atoms with Crippen LogP contribution in [-0.4, -0.2) is 21.9 Å². The zero-order valence-electron chi connectivity index (χ0n) is 8.59. The summed E-state index contributed by atoms with van der Waals surface area (Å²) in [6.07, 6.45) is 2.25. The number of halogens is 3. The van der Waals surface area contributed by atoms with Crippen molar-refractivity contribution in [1.29, 1.82) is 0 Å². The summed E-state index contributed by atoms with van der Waals surface area (Å²) in [7, 11) is 0. The molecule has 1 aliphatic carbocycles. The lowest BCUT2D eigenvalue weighted by Crippen LogP contribution is -2.32. The van der Waals surface area contributed by atoms with Crippen molar-refractivity contribution in [2.45, 2.75) is 37.6 Å². The predicted octanol–water partition coefficient (Wildman–Crippen LogP) is 3.12. The summed E-state index contributed by atoms with van der Waals surface area (Å²) >= 11 is 5.70. The molecular formula is C10H12ClF2N3. The topological polar surface area (TPSA) is 37.8 Å². The highest BCUT2D eigenvalue weighted by atomic mass is 35.5. The molecule has 0 radical (unpaired) electrons. The largest absolute Gasteiger partial charge is 0.351 e. The number of alkyl halides is 2. The Balaban J connectivity index is 1.92. The second-order valence-electron chi connectivity index (χ2n) is 3.98. The first-order valence-electron chi connectivity index (χ1n) is 5.18. The number of aromatic nitrogens is 2. The number of anilines is 1. The smallest absolute Gasteiger partial charge is 0.248 e. The minimum atomic E-state index is -2.51. The SMILES string of the molecule is FC1(F)CCC(Nc2nccc(Cl)n2)CC1. The average Bonchev–Trinajstić information content (AvgIpc) is 2.21. The van der Waals surface area contributed by atoms with Gasteiger partial charge < -0.3 is 5.32 Å². The summed E-state index contributed by atoms with van der Waals surface area (Å²) in [5.41, 5.74) is 0. The molecular weight excluding hydrogens is 236 g/mol. The molecule has 6 heteroatoms. The quantitative estimate of drug-likeness (QED) is 0.816. The van der Waals surface area contributed by atoms with Gasteiger partial charge in [-0.3, -0.25) is 0 Å². The monoisotopic (exact) mass is 247 g/mol.